The molecule has 0 radical (unpaired) electrons. The van der Waals surface area contributed by atoms with Crippen molar-refractivity contribution < 1.29 is 33.4 Å². The van der Waals surface area contributed by atoms with Gasteiger partial charge in [0, 0.05) is 61.1 Å². The molecule has 57 heavy (non-hydrogen) atoms. The topological polar surface area (TPSA) is 200 Å². The predicted molar refractivity (Wildman–Crippen MR) is 219 cm³/mol. The van der Waals surface area contributed by atoms with Crippen molar-refractivity contribution in [2.45, 2.75) is 53.6 Å². The number of benzene rings is 2. The van der Waals surface area contributed by atoms with Crippen LogP contribution >= 0.6 is 15.9 Å². The number of hydrogen-bond acceptors (Lipinski definition) is 12. The van der Waals surface area contributed by atoms with E-state index in [0.717, 1.165) is 19.6 Å². The summed E-state index contributed by atoms with van der Waals surface area (Å²) >= 11 is 3.55. The molecule has 0 spiro atoms. The van der Waals surface area contributed by atoms with Gasteiger partial charge in [-0.15, -0.1) is 0 Å². The number of amides is 3. The van der Waals surface area contributed by atoms with E-state index >= 15 is 0 Å². The average molecular weight is 843 g/mol. The third kappa shape index (κ3) is 9.21. The predicted octanol–water partition coefficient (Wildman–Crippen LogP) is 4.83. The summed E-state index contributed by atoms with van der Waals surface area (Å²) in [6, 6.07) is 8.28. The highest BCUT2D eigenvalue weighted by molar-refractivity contribution is 9.10. The van der Waals surface area contributed by atoms with Crippen LogP contribution in [0.4, 0.5) is 11.4 Å². The third-order valence-electron chi connectivity index (χ3n) is 9.74. The number of anilines is 2. The lowest BCUT2D eigenvalue weighted by Gasteiger charge is -2.20. The van der Waals surface area contributed by atoms with Gasteiger partial charge in [-0.05, 0) is 91.8 Å². The number of aromatic nitrogens is 3. The van der Waals surface area contributed by atoms with Crippen LogP contribution in [-0.4, -0.2) is 106 Å². The fraction of sp³-hybridized carbons (Fsp3) is 0.350. The van der Waals surface area contributed by atoms with Gasteiger partial charge in [0.1, 0.15) is 11.3 Å². The number of nitrogens with one attached hydrogen (secondary N) is 4. The second-order valence-corrected chi connectivity index (χ2v) is 14.2. The Morgan fingerprint density at radius 3 is 2.61 bits per heavy atom. The van der Waals surface area contributed by atoms with Crippen LogP contribution in [0.2, 0.25) is 0 Å². The molecule has 4 heterocycles. The number of ether oxygens (including phenoxy) is 2. The van der Waals surface area contributed by atoms with E-state index < -0.39 is 18.0 Å². The van der Waals surface area contributed by atoms with Crippen LogP contribution in [0, 0.1) is 13.8 Å². The van der Waals surface area contributed by atoms with Crippen LogP contribution in [0.25, 0.3) is 22.7 Å². The van der Waals surface area contributed by atoms with E-state index in [-0.39, 0.29) is 36.3 Å². The highest BCUT2D eigenvalue weighted by Crippen LogP contribution is 2.37. The second-order valence-electron chi connectivity index (χ2n) is 13.4. The molecule has 0 aliphatic carbocycles. The molecule has 1 atom stereocenters. The number of fused-ring (bicyclic) bond motifs is 2. The molecule has 2 aromatic carbocycles. The van der Waals surface area contributed by atoms with Crippen molar-refractivity contribution in [1.82, 2.24) is 30.1 Å². The Bertz CT molecular complexity index is 2300. The van der Waals surface area contributed by atoms with Crippen LogP contribution < -0.4 is 20.7 Å². The van der Waals surface area contributed by atoms with Crippen LogP contribution in [0.1, 0.15) is 66.5 Å². The number of hydrogen-bond donors (Lipinski definition) is 4. The summed E-state index contributed by atoms with van der Waals surface area (Å²) in [5.41, 5.74) is 5.79. The second kappa shape index (κ2) is 17.9. The van der Waals surface area contributed by atoms with E-state index in [1.165, 1.54) is 17.9 Å². The molecular formula is C40H44BrN9O7. The lowest BCUT2D eigenvalue weighted by atomic mass is 10.0. The summed E-state index contributed by atoms with van der Waals surface area (Å²) in [6.45, 7) is 12.9. The monoisotopic (exact) mass is 841 g/mol. The van der Waals surface area contributed by atoms with Gasteiger partial charge < -0.3 is 35.3 Å². The maximum absolute atomic E-state index is 13.1. The zero-order valence-corrected chi connectivity index (χ0v) is 33.9. The first kappa shape index (κ1) is 40.7. The van der Waals surface area contributed by atoms with Gasteiger partial charge in [0.05, 0.1) is 39.8 Å². The van der Waals surface area contributed by atoms with Gasteiger partial charge in [0.2, 0.25) is 11.9 Å². The highest BCUT2D eigenvalue weighted by Gasteiger charge is 2.29. The summed E-state index contributed by atoms with van der Waals surface area (Å²) < 4.78 is 11.5. The molecule has 0 bridgehead atoms. The van der Waals surface area contributed by atoms with E-state index in [1.807, 2.05) is 6.92 Å². The molecule has 6 rings (SSSR count). The maximum Gasteiger partial charge on any atom is 0.352 e. The summed E-state index contributed by atoms with van der Waals surface area (Å²) in [6.07, 6.45) is 3.13. The first-order valence-corrected chi connectivity index (χ1v) is 19.5. The summed E-state index contributed by atoms with van der Waals surface area (Å²) in [5.74, 6) is -2.03. The smallest absolute Gasteiger partial charge is 0.352 e. The van der Waals surface area contributed by atoms with Gasteiger partial charge >= 0.3 is 11.9 Å². The lowest BCUT2D eigenvalue weighted by Crippen LogP contribution is -2.38. The molecule has 4 aromatic rings. The van der Waals surface area contributed by atoms with Crippen molar-refractivity contribution in [3.8, 4) is 5.75 Å². The highest BCUT2D eigenvalue weighted by atomic mass is 79.9. The molecule has 0 fully saturated rings. The fourth-order valence-corrected chi connectivity index (χ4v) is 7.13. The van der Waals surface area contributed by atoms with Crippen LogP contribution in [0.5, 0.6) is 5.75 Å². The van der Waals surface area contributed by atoms with Crippen molar-refractivity contribution in [2.24, 2.45) is 4.99 Å². The molecule has 1 unspecified atom stereocenters. The van der Waals surface area contributed by atoms with E-state index in [0.29, 0.717) is 86.1 Å². The zero-order valence-electron chi connectivity index (χ0n) is 32.3. The molecular weight excluding hydrogens is 798 g/mol. The minimum absolute atomic E-state index is 0.130. The fourth-order valence-electron chi connectivity index (χ4n) is 6.60. The van der Waals surface area contributed by atoms with E-state index in [4.69, 9.17) is 9.47 Å². The Morgan fingerprint density at radius 1 is 1.07 bits per heavy atom. The van der Waals surface area contributed by atoms with Gasteiger partial charge in [0.15, 0.2) is 6.10 Å². The zero-order chi connectivity index (χ0) is 40.8. The first-order valence-electron chi connectivity index (χ1n) is 18.7. The molecule has 0 saturated heterocycles. The maximum atomic E-state index is 13.1. The van der Waals surface area contributed by atoms with E-state index in [9.17, 15) is 24.0 Å². The van der Waals surface area contributed by atoms with Crippen molar-refractivity contribution >= 4 is 85.6 Å². The minimum atomic E-state index is -1.28. The van der Waals surface area contributed by atoms with E-state index in [2.05, 4.69) is 70.6 Å². The Labute approximate surface area is 337 Å². The van der Waals surface area contributed by atoms with Gasteiger partial charge in [-0.2, -0.15) is 0 Å². The van der Waals surface area contributed by atoms with Crippen LogP contribution in [0.3, 0.4) is 0 Å². The third-order valence-corrected chi connectivity index (χ3v) is 10.5. The Hall–Kier alpha value is -5.94. The molecule has 298 valence electrons. The van der Waals surface area contributed by atoms with E-state index in [1.54, 1.807) is 49.7 Å². The largest absolute Gasteiger partial charge is 0.451 e. The number of aliphatic imine (C=N–C) groups is 1. The molecule has 2 aromatic heterocycles. The molecule has 4 N–H and O–H groups in total. The Balaban J connectivity index is 1.03. The minimum Gasteiger partial charge on any atom is -0.451 e. The number of esters is 2. The van der Waals surface area contributed by atoms with Crippen LogP contribution in [0.15, 0.2) is 52.2 Å². The summed E-state index contributed by atoms with van der Waals surface area (Å²) in [7, 11) is 0. The van der Waals surface area contributed by atoms with Gasteiger partial charge in [0.25, 0.3) is 11.8 Å². The average Bonchev–Trinajstić information content (AvgIpc) is 3.87. The standard InChI is InChI=1S/C40H44BrN9O7/c1-6-49(7-2)18-16-44-38(54)34-22(3)31(46-23(34)4)21-27-26-20-25(8-9-28(26)47-37(27)53)57-39(55)24(5)56-33(52)13-12-32(51)50-19-17-45-40(50)48-29-10-11-30-36(35(29)41)43-15-14-42-30/h8-11,14-15,20-21,24,46H,6-7,12-13,16-19H2,1-5H3,(H,44,54)(H,45,48)(H,47,53)/b27-21-. The number of H-pyrrole nitrogens is 1. The van der Waals surface area contributed by atoms with Crippen LogP contribution in [-0.2, 0) is 23.9 Å². The van der Waals surface area contributed by atoms with Gasteiger partial charge in [-0.1, -0.05) is 13.8 Å². The number of carbonyl (C=O) groups is 5. The Morgan fingerprint density at radius 2 is 1.84 bits per heavy atom. The van der Waals surface area contributed by atoms with Crippen molar-refractivity contribution in [2.75, 3.05) is 49.9 Å². The molecule has 2 aliphatic rings. The molecule has 0 saturated carbocycles. The number of aryl methyl sites for hydroxylation is 1. The number of rotatable bonds is 14. The number of carbonyl (C=O) groups excluding carboxylic acids is 5. The number of nitrogens with zero attached hydrogens (tertiary/aromatic N) is 5. The van der Waals surface area contributed by atoms with Crippen molar-refractivity contribution in [3.05, 3.63) is 75.3 Å². The molecule has 16 nitrogen and oxygen atoms in total. The van der Waals surface area contributed by atoms with Crippen molar-refractivity contribution in [1.29, 1.82) is 0 Å². The summed E-state index contributed by atoms with van der Waals surface area (Å²) in [5, 5.41) is 8.96. The normalized spacial score (nSPS) is 14.7. The first-order chi connectivity index (χ1) is 27.4. The number of halogens is 1. The van der Waals surface area contributed by atoms with Gasteiger partial charge in [-0.25, -0.2) is 4.79 Å². The molecule has 2 aliphatic heterocycles. The quantitative estimate of drug-likeness (QED) is 0.0771. The summed E-state index contributed by atoms with van der Waals surface area (Å²) in [4.78, 5) is 85.0. The van der Waals surface area contributed by atoms with Gasteiger partial charge in [-0.3, -0.25) is 39.0 Å². The number of aromatic amines is 1. The SMILES string of the molecule is CCN(CC)CCNC(=O)c1c(C)[nH]c(/C=C2\C(=O)Nc3ccc(OC(=O)C(C)OC(=O)CCC(=O)N4CCN=C4Nc4ccc5nccnc5c4Br)cc32)c1C. The Kier molecular flexibility index (Phi) is 12.8. The lowest BCUT2D eigenvalue weighted by molar-refractivity contribution is -0.161. The number of likely N-dealkylation sites (N-methyl/N-ethyl adjacent to an activating group) is 1. The molecule has 3 amide bonds. The molecule has 17 heteroatoms. The van der Waals surface area contributed by atoms with Crippen molar-refractivity contribution in [3.63, 3.8) is 0 Å². The number of guanidine groups is 1.